The molecule has 5 heterocycles. The minimum Gasteiger partial charge on any atom is -0.376 e. The maximum absolute atomic E-state index is 12.1. The van der Waals surface area contributed by atoms with E-state index >= 15 is 0 Å². The molecule has 0 bridgehead atoms. The third kappa shape index (κ3) is 5.45. The molecular weight excluding hydrogens is 480 g/mol. The second-order valence-electron chi connectivity index (χ2n) is 9.61. The number of fused-ring (bicyclic) bond motifs is 2. The van der Waals surface area contributed by atoms with Crippen LogP contribution in [0.4, 0.5) is 11.6 Å². The van der Waals surface area contributed by atoms with E-state index < -0.39 is 16.3 Å². The summed E-state index contributed by atoms with van der Waals surface area (Å²) in [6, 6.07) is 4.40. The number of hydrogen-bond donors (Lipinski definition) is 3. The predicted molar refractivity (Wildman–Crippen MR) is 138 cm³/mol. The summed E-state index contributed by atoms with van der Waals surface area (Å²) >= 11 is 0. The van der Waals surface area contributed by atoms with Crippen molar-refractivity contribution in [1.29, 1.82) is 0 Å². The molecule has 1 atom stereocenters. The monoisotopic (exact) mass is 514 g/mol. The zero-order chi connectivity index (χ0) is 25.1. The summed E-state index contributed by atoms with van der Waals surface area (Å²) in [4.78, 5) is 20.5. The molecule has 2 aliphatic rings. The normalized spacial score (nSPS) is 17.7. The molecule has 3 aromatic rings. The van der Waals surface area contributed by atoms with Gasteiger partial charge in [-0.15, -0.1) is 0 Å². The van der Waals surface area contributed by atoms with Crippen molar-refractivity contribution < 1.29 is 13.5 Å². The van der Waals surface area contributed by atoms with Crippen LogP contribution in [0.3, 0.4) is 0 Å². The number of nitrogens with one attached hydrogen (secondary N) is 2. The van der Waals surface area contributed by atoms with E-state index in [0.717, 1.165) is 69.1 Å². The van der Waals surface area contributed by atoms with Gasteiger partial charge in [-0.05, 0) is 43.7 Å². The Balaban J connectivity index is 1.25. The SMILES string of the molecule is CCCCS(=O)(=O)NC(O)Cn1cnc2c(N3CCC(c4ccc5c(n4)NCCC5)CC3)ncnc21. The van der Waals surface area contributed by atoms with Crippen LogP contribution in [0.2, 0.25) is 0 Å². The molecule has 194 valence electrons. The Bertz CT molecular complexity index is 1300. The van der Waals surface area contributed by atoms with E-state index in [1.807, 2.05) is 6.92 Å². The van der Waals surface area contributed by atoms with Crippen LogP contribution >= 0.6 is 0 Å². The average Bonchev–Trinajstić information content (AvgIpc) is 3.29. The summed E-state index contributed by atoms with van der Waals surface area (Å²) in [5.74, 6) is 2.20. The summed E-state index contributed by atoms with van der Waals surface area (Å²) in [6.45, 7) is 4.58. The van der Waals surface area contributed by atoms with Crippen LogP contribution in [0.1, 0.15) is 56.2 Å². The van der Waals surface area contributed by atoms with Gasteiger partial charge < -0.3 is 19.9 Å². The maximum atomic E-state index is 12.1. The molecule has 0 radical (unpaired) electrons. The Kier molecular flexibility index (Phi) is 7.35. The lowest BCUT2D eigenvalue weighted by atomic mass is 9.92. The highest BCUT2D eigenvalue weighted by Crippen LogP contribution is 2.32. The van der Waals surface area contributed by atoms with Crippen LogP contribution in [0.15, 0.2) is 24.8 Å². The standard InChI is InChI=1S/C24H34N8O3S/c1-2-3-13-36(34,35)30-20(33)14-32-16-28-21-23(26-15-27-24(21)32)31-11-8-17(9-12-31)19-7-6-18-5-4-10-25-22(18)29-19/h6-7,15-17,20,30,33H,2-5,8-14H2,1H3,(H,25,29). The minimum atomic E-state index is -3.54. The molecular formula is C24H34N8O3S. The van der Waals surface area contributed by atoms with Gasteiger partial charge in [-0.2, -0.15) is 4.72 Å². The molecule has 1 unspecified atom stereocenters. The Labute approximate surface area is 211 Å². The lowest BCUT2D eigenvalue weighted by Crippen LogP contribution is -2.39. The highest BCUT2D eigenvalue weighted by Gasteiger charge is 2.26. The Morgan fingerprint density at radius 3 is 2.86 bits per heavy atom. The van der Waals surface area contributed by atoms with E-state index in [-0.39, 0.29) is 12.3 Å². The summed E-state index contributed by atoms with van der Waals surface area (Å²) in [7, 11) is -3.54. The first-order chi connectivity index (χ1) is 17.4. The first-order valence-electron chi connectivity index (χ1n) is 12.8. The molecule has 0 spiro atoms. The molecule has 0 aromatic carbocycles. The van der Waals surface area contributed by atoms with Crippen molar-refractivity contribution in [3.63, 3.8) is 0 Å². The maximum Gasteiger partial charge on any atom is 0.213 e. The fourth-order valence-electron chi connectivity index (χ4n) is 5.02. The number of sulfonamides is 1. The lowest BCUT2D eigenvalue weighted by Gasteiger charge is -2.33. The van der Waals surface area contributed by atoms with Gasteiger partial charge >= 0.3 is 0 Å². The molecule has 0 amide bonds. The summed E-state index contributed by atoms with van der Waals surface area (Å²) in [5.41, 5.74) is 3.67. The van der Waals surface area contributed by atoms with Gasteiger partial charge in [0.25, 0.3) is 0 Å². The molecule has 12 heteroatoms. The Morgan fingerprint density at radius 2 is 2.06 bits per heavy atom. The number of pyridine rings is 1. The Morgan fingerprint density at radius 1 is 1.22 bits per heavy atom. The van der Waals surface area contributed by atoms with Gasteiger partial charge in [0.2, 0.25) is 10.0 Å². The van der Waals surface area contributed by atoms with Crippen LogP contribution in [-0.2, 0) is 23.0 Å². The number of aromatic nitrogens is 5. The van der Waals surface area contributed by atoms with Gasteiger partial charge in [-0.3, -0.25) is 0 Å². The van der Waals surface area contributed by atoms with Crippen molar-refractivity contribution >= 4 is 32.8 Å². The van der Waals surface area contributed by atoms with Crippen molar-refractivity contribution in [2.75, 3.05) is 35.6 Å². The van der Waals surface area contributed by atoms with Crippen LogP contribution in [0.25, 0.3) is 11.2 Å². The number of aliphatic hydroxyl groups is 1. The fraction of sp³-hybridized carbons (Fsp3) is 0.583. The second-order valence-corrected chi connectivity index (χ2v) is 11.5. The third-order valence-corrected chi connectivity index (χ3v) is 8.42. The number of aryl methyl sites for hydroxylation is 1. The number of imidazole rings is 1. The Hall–Kier alpha value is -2.83. The molecule has 0 saturated carbocycles. The zero-order valence-electron chi connectivity index (χ0n) is 20.6. The second kappa shape index (κ2) is 10.7. The van der Waals surface area contributed by atoms with Crippen LogP contribution in [0, 0.1) is 0 Å². The van der Waals surface area contributed by atoms with Crippen molar-refractivity contribution in [2.45, 2.75) is 64.1 Å². The number of hydrogen-bond acceptors (Lipinski definition) is 9. The topological polar surface area (TPSA) is 138 Å². The molecule has 0 aliphatic carbocycles. The predicted octanol–water partition coefficient (Wildman–Crippen LogP) is 2.00. The summed E-state index contributed by atoms with van der Waals surface area (Å²) < 4.78 is 28.2. The average molecular weight is 515 g/mol. The lowest BCUT2D eigenvalue weighted by molar-refractivity contribution is 0.144. The smallest absolute Gasteiger partial charge is 0.213 e. The number of unbranched alkanes of at least 4 members (excludes halogenated alkanes) is 1. The minimum absolute atomic E-state index is 0.00893. The molecule has 3 N–H and O–H groups in total. The van der Waals surface area contributed by atoms with Gasteiger partial charge in [0, 0.05) is 31.2 Å². The third-order valence-electron chi connectivity index (χ3n) is 6.96. The molecule has 11 nitrogen and oxygen atoms in total. The number of rotatable bonds is 9. The van der Waals surface area contributed by atoms with Crippen molar-refractivity contribution in [2.24, 2.45) is 0 Å². The molecule has 1 saturated heterocycles. The molecule has 5 rings (SSSR count). The van der Waals surface area contributed by atoms with E-state index in [1.165, 1.54) is 11.9 Å². The van der Waals surface area contributed by atoms with Crippen molar-refractivity contribution in [3.8, 4) is 0 Å². The van der Waals surface area contributed by atoms with Gasteiger partial charge in [0.1, 0.15) is 18.4 Å². The fourth-order valence-corrected chi connectivity index (χ4v) is 6.29. The largest absolute Gasteiger partial charge is 0.376 e. The van der Waals surface area contributed by atoms with Gasteiger partial charge in [-0.1, -0.05) is 19.4 Å². The highest BCUT2D eigenvalue weighted by atomic mass is 32.2. The van der Waals surface area contributed by atoms with Crippen molar-refractivity contribution in [1.82, 2.24) is 29.2 Å². The quantitative estimate of drug-likeness (QED) is 0.366. The van der Waals surface area contributed by atoms with E-state index in [2.05, 4.69) is 42.0 Å². The summed E-state index contributed by atoms with van der Waals surface area (Å²) in [5, 5.41) is 13.8. The zero-order valence-corrected chi connectivity index (χ0v) is 21.4. The number of nitrogens with zero attached hydrogens (tertiary/aromatic N) is 6. The number of anilines is 2. The van der Waals surface area contributed by atoms with Crippen LogP contribution < -0.4 is 14.9 Å². The first-order valence-corrected chi connectivity index (χ1v) is 14.4. The van der Waals surface area contributed by atoms with Gasteiger partial charge in [0.05, 0.1) is 18.6 Å². The number of piperidine rings is 1. The van der Waals surface area contributed by atoms with Crippen LogP contribution in [0.5, 0.6) is 0 Å². The first kappa shape index (κ1) is 24.8. The van der Waals surface area contributed by atoms with E-state index in [4.69, 9.17) is 4.98 Å². The highest BCUT2D eigenvalue weighted by molar-refractivity contribution is 7.89. The van der Waals surface area contributed by atoms with E-state index in [0.29, 0.717) is 23.5 Å². The molecule has 3 aromatic heterocycles. The molecule has 2 aliphatic heterocycles. The summed E-state index contributed by atoms with van der Waals surface area (Å²) in [6.07, 6.45) is 7.29. The molecule has 1 fully saturated rings. The van der Waals surface area contributed by atoms with Crippen LogP contribution in [-0.4, -0.2) is 69.6 Å². The number of aliphatic hydroxyl groups excluding tert-OH is 1. The van der Waals surface area contributed by atoms with E-state index in [9.17, 15) is 13.5 Å². The van der Waals surface area contributed by atoms with Crippen molar-refractivity contribution in [3.05, 3.63) is 36.0 Å². The van der Waals surface area contributed by atoms with Gasteiger partial charge in [-0.25, -0.2) is 28.4 Å². The van der Waals surface area contributed by atoms with Gasteiger partial charge in [0.15, 0.2) is 17.0 Å². The molecule has 36 heavy (non-hydrogen) atoms. The van der Waals surface area contributed by atoms with E-state index in [1.54, 1.807) is 10.9 Å².